The van der Waals surface area contributed by atoms with E-state index in [1.54, 1.807) is 17.9 Å². The molecule has 0 radical (unpaired) electrons. The van der Waals surface area contributed by atoms with Crippen LogP contribution in [0.4, 0.5) is 0 Å². The molecule has 1 aromatic rings. The lowest BCUT2D eigenvalue weighted by Gasteiger charge is -2.12. The van der Waals surface area contributed by atoms with E-state index < -0.39 is 12.0 Å². The molecule has 6 heteroatoms. The molecule has 1 aromatic heterocycles. The van der Waals surface area contributed by atoms with E-state index in [4.69, 9.17) is 5.11 Å². The summed E-state index contributed by atoms with van der Waals surface area (Å²) in [5.41, 5.74) is 1.72. The first-order valence-electron chi connectivity index (χ1n) is 4.89. The molecule has 6 nitrogen and oxygen atoms in total. The van der Waals surface area contributed by atoms with Crippen LogP contribution in [0.5, 0.6) is 0 Å². The van der Waals surface area contributed by atoms with E-state index in [1.165, 1.54) is 6.92 Å². The highest BCUT2D eigenvalue weighted by molar-refractivity contribution is 5.82. The lowest BCUT2D eigenvalue weighted by Crippen LogP contribution is -2.41. The summed E-state index contributed by atoms with van der Waals surface area (Å²) < 4.78 is 1.67. The Labute approximate surface area is 93.3 Å². The highest BCUT2D eigenvalue weighted by Gasteiger charge is 2.20. The molecule has 1 atom stereocenters. The first kappa shape index (κ1) is 12.2. The summed E-state index contributed by atoms with van der Waals surface area (Å²) in [4.78, 5) is 21.8. The van der Waals surface area contributed by atoms with Gasteiger partial charge >= 0.3 is 5.97 Å². The largest absolute Gasteiger partial charge is 0.480 e. The Kier molecular flexibility index (Phi) is 3.65. The molecule has 0 saturated carbocycles. The molecule has 0 aliphatic carbocycles. The average Bonchev–Trinajstić information content (AvgIpc) is 2.47. The molecule has 0 saturated heterocycles. The lowest BCUT2D eigenvalue weighted by atomic mass is 10.1. The number of carboxylic acids is 1. The lowest BCUT2D eigenvalue weighted by molar-refractivity contribution is -0.141. The Bertz CT molecular complexity index is 411. The second-order valence-corrected chi connectivity index (χ2v) is 3.67. The second kappa shape index (κ2) is 4.78. The number of aliphatic carboxylic acids is 1. The van der Waals surface area contributed by atoms with Crippen molar-refractivity contribution in [1.82, 2.24) is 15.1 Å². The molecule has 0 fully saturated rings. The minimum atomic E-state index is -1.04. The predicted octanol–water partition coefficient (Wildman–Crippen LogP) is -0.140. The predicted molar refractivity (Wildman–Crippen MR) is 56.9 cm³/mol. The van der Waals surface area contributed by atoms with E-state index in [1.807, 2.05) is 6.92 Å². The number of hydrogen-bond acceptors (Lipinski definition) is 3. The molecule has 0 aliphatic heterocycles. The molecule has 1 amide bonds. The van der Waals surface area contributed by atoms with Gasteiger partial charge in [0.25, 0.3) is 0 Å². The number of nitrogens with zero attached hydrogens (tertiary/aromatic N) is 2. The van der Waals surface area contributed by atoms with Crippen LogP contribution in [0.1, 0.15) is 18.2 Å². The Hall–Kier alpha value is -1.85. The van der Waals surface area contributed by atoms with Gasteiger partial charge in [0.1, 0.15) is 6.04 Å². The Morgan fingerprint density at radius 1 is 1.62 bits per heavy atom. The standard InChI is InChI=1S/C10H15N3O3/c1-6-8(5-11-13(6)3)4-9(10(15)16)12-7(2)14/h5,9H,4H2,1-3H3,(H,12,14)(H,15,16). The molecule has 16 heavy (non-hydrogen) atoms. The van der Waals surface area contributed by atoms with Crippen LogP contribution in [0.15, 0.2) is 6.20 Å². The number of rotatable bonds is 4. The summed E-state index contributed by atoms with van der Waals surface area (Å²) in [6.45, 7) is 3.15. The maximum Gasteiger partial charge on any atom is 0.326 e. The van der Waals surface area contributed by atoms with Gasteiger partial charge in [0, 0.05) is 26.1 Å². The summed E-state index contributed by atoms with van der Waals surface area (Å²) in [6.07, 6.45) is 1.86. The van der Waals surface area contributed by atoms with Gasteiger partial charge < -0.3 is 10.4 Å². The molecule has 1 rings (SSSR count). The third-order valence-electron chi connectivity index (χ3n) is 2.44. The van der Waals surface area contributed by atoms with Crippen LogP contribution < -0.4 is 5.32 Å². The third-order valence-corrected chi connectivity index (χ3v) is 2.44. The van der Waals surface area contributed by atoms with Gasteiger partial charge in [-0.2, -0.15) is 5.10 Å². The van der Waals surface area contributed by atoms with Gasteiger partial charge in [-0.3, -0.25) is 9.48 Å². The van der Waals surface area contributed by atoms with Crippen LogP contribution in [0, 0.1) is 6.92 Å². The van der Waals surface area contributed by atoms with Gasteiger partial charge in [-0.15, -0.1) is 0 Å². The summed E-state index contributed by atoms with van der Waals surface area (Å²) in [5.74, 6) is -1.40. The Morgan fingerprint density at radius 2 is 2.25 bits per heavy atom. The average molecular weight is 225 g/mol. The molecule has 0 bridgehead atoms. The zero-order valence-electron chi connectivity index (χ0n) is 9.52. The molecule has 0 spiro atoms. The summed E-state index contributed by atoms with van der Waals surface area (Å²) in [5, 5.41) is 15.3. The quantitative estimate of drug-likeness (QED) is 0.747. The summed E-state index contributed by atoms with van der Waals surface area (Å²) >= 11 is 0. The van der Waals surface area contributed by atoms with Crippen molar-refractivity contribution in [2.45, 2.75) is 26.3 Å². The number of carbonyl (C=O) groups is 2. The smallest absolute Gasteiger partial charge is 0.326 e. The van der Waals surface area contributed by atoms with Crippen LogP contribution in [-0.4, -0.2) is 32.8 Å². The van der Waals surface area contributed by atoms with Crippen molar-refractivity contribution in [3.63, 3.8) is 0 Å². The minimum Gasteiger partial charge on any atom is -0.480 e. The van der Waals surface area contributed by atoms with Gasteiger partial charge in [0.05, 0.1) is 6.20 Å². The van der Waals surface area contributed by atoms with Crippen molar-refractivity contribution in [2.24, 2.45) is 7.05 Å². The van der Waals surface area contributed by atoms with E-state index in [0.717, 1.165) is 11.3 Å². The molecular weight excluding hydrogens is 210 g/mol. The van der Waals surface area contributed by atoms with E-state index in [2.05, 4.69) is 10.4 Å². The van der Waals surface area contributed by atoms with Crippen molar-refractivity contribution in [2.75, 3.05) is 0 Å². The molecule has 0 aromatic carbocycles. The number of carboxylic acid groups (broad SMARTS) is 1. The van der Waals surface area contributed by atoms with E-state index in [9.17, 15) is 9.59 Å². The van der Waals surface area contributed by atoms with Gasteiger partial charge in [-0.05, 0) is 12.5 Å². The SMILES string of the molecule is CC(=O)NC(Cc1cnn(C)c1C)C(=O)O. The number of amides is 1. The minimum absolute atomic E-state index is 0.245. The number of aromatic nitrogens is 2. The monoisotopic (exact) mass is 225 g/mol. The van der Waals surface area contributed by atoms with Crippen molar-refractivity contribution in [1.29, 1.82) is 0 Å². The van der Waals surface area contributed by atoms with Crippen molar-refractivity contribution in [3.8, 4) is 0 Å². The van der Waals surface area contributed by atoms with Gasteiger partial charge in [0.2, 0.25) is 5.91 Å². The van der Waals surface area contributed by atoms with Crippen molar-refractivity contribution < 1.29 is 14.7 Å². The van der Waals surface area contributed by atoms with Gasteiger partial charge in [-0.1, -0.05) is 0 Å². The third kappa shape index (κ3) is 2.82. The first-order chi connectivity index (χ1) is 7.41. The van der Waals surface area contributed by atoms with Gasteiger partial charge in [0.15, 0.2) is 0 Å². The molecule has 88 valence electrons. The van der Waals surface area contributed by atoms with Crippen LogP contribution in [0.25, 0.3) is 0 Å². The molecular formula is C10H15N3O3. The number of hydrogen-bond donors (Lipinski definition) is 2. The molecule has 0 aliphatic rings. The Morgan fingerprint density at radius 3 is 2.62 bits per heavy atom. The summed E-state index contributed by atoms with van der Waals surface area (Å²) in [6, 6.07) is -0.902. The van der Waals surface area contributed by atoms with Crippen molar-refractivity contribution in [3.05, 3.63) is 17.5 Å². The van der Waals surface area contributed by atoms with E-state index in [0.29, 0.717) is 0 Å². The first-order valence-corrected chi connectivity index (χ1v) is 4.89. The fraction of sp³-hybridized carbons (Fsp3) is 0.500. The maximum atomic E-state index is 10.9. The second-order valence-electron chi connectivity index (χ2n) is 3.67. The van der Waals surface area contributed by atoms with E-state index in [-0.39, 0.29) is 12.3 Å². The summed E-state index contributed by atoms with van der Waals surface area (Å²) in [7, 11) is 1.78. The zero-order valence-corrected chi connectivity index (χ0v) is 9.52. The fourth-order valence-corrected chi connectivity index (χ4v) is 1.41. The van der Waals surface area contributed by atoms with Crippen LogP contribution in [-0.2, 0) is 23.1 Å². The van der Waals surface area contributed by atoms with Crippen LogP contribution in [0.2, 0.25) is 0 Å². The highest BCUT2D eigenvalue weighted by atomic mass is 16.4. The highest BCUT2D eigenvalue weighted by Crippen LogP contribution is 2.08. The number of aryl methyl sites for hydroxylation is 1. The van der Waals surface area contributed by atoms with Crippen LogP contribution in [0.3, 0.4) is 0 Å². The molecule has 1 heterocycles. The zero-order chi connectivity index (χ0) is 12.3. The van der Waals surface area contributed by atoms with Crippen LogP contribution >= 0.6 is 0 Å². The number of nitrogens with one attached hydrogen (secondary N) is 1. The molecule has 2 N–H and O–H groups in total. The number of carbonyl (C=O) groups excluding carboxylic acids is 1. The fourth-order valence-electron chi connectivity index (χ4n) is 1.41. The van der Waals surface area contributed by atoms with Gasteiger partial charge in [-0.25, -0.2) is 4.79 Å². The topological polar surface area (TPSA) is 84.2 Å². The normalized spacial score (nSPS) is 12.2. The maximum absolute atomic E-state index is 10.9. The van der Waals surface area contributed by atoms with E-state index >= 15 is 0 Å². The Balaban J connectivity index is 2.79. The molecule has 1 unspecified atom stereocenters. The van der Waals surface area contributed by atoms with Crippen molar-refractivity contribution >= 4 is 11.9 Å².